The van der Waals surface area contributed by atoms with Gasteiger partial charge in [0.15, 0.2) is 0 Å². The molecule has 3 atom stereocenters. The molecule has 0 fully saturated rings. The predicted octanol–water partition coefficient (Wildman–Crippen LogP) is 22.3. The summed E-state index contributed by atoms with van der Waals surface area (Å²) in [6, 6.07) is -0.884. The van der Waals surface area contributed by atoms with Gasteiger partial charge in [-0.3, -0.25) is 9.36 Å². The summed E-state index contributed by atoms with van der Waals surface area (Å²) in [4.78, 5) is 25.6. The highest BCUT2D eigenvalue weighted by Gasteiger charge is 2.23. The van der Waals surface area contributed by atoms with Gasteiger partial charge in [-0.05, 0) is 19.3 Å². The van der Waals surface area contributed by atoms with Crippen molar-refractivity contribution in [2.75, 3.05) is 40.9 Å². The molecule has 8 nitrogen and oxygen atoms in total. The zero-order valence-corrected chi connectivity index (χ0v) is 55.7. The van der Waals surface area contributed by atoms with Crippen LogP contribution in [0.15, 0.2) is 12.2 Å². The number of aliphatic hydroxyl groups is 1. The van der Waals surface area contributed by atoms with Crippen molar-refractivity contribution in [1.29, 1.82) is 0 Å². The van der Waals surface area contributed by atoms with Crippen LogP contribution in [0.2, 0.25) is 0 Å². The summed E-state index contributed by atoms with van der Waals surface area (Å²) < 4.78 is 23.5. The topological polar surface area (TPSA) is 108 Å². The molecule has 0 aromatic carbocycles. The summed E-state index contributed by atoms with van der Waals surface area (Å²) in [5.74, 6) is -0.187. The van der Waals surface area contributed by atoms with Crippen molar-refractivity contribution in [2.24, 2.45) is 0 Å². The van der Waals surface area contributed by atoms with Gasteiger partial charge in [-0.2, -0.15) is 0 Å². The van der Waals surface area contributed by atoms with Crippen LogP contribution in [0.4, 0.5) is 0 Å². The van der Waals surface area contributed by atoms with Crippen LogP contribution in [0, 0.1) is 0 Å². The standard InChI is InChI=1S/C71H143N2O6P/c1-6-8-10-12-14-16-18-20-22-24-26-28-30-32-34-36-37-38-40-42-44-46-48-50-52-54-56-58-60-62-64-70(74)69(68-79-80(76,77)78-67-66-73(3,4)5)72-71(75)65-63-61-59-57-55-53-51-49-47-45-43-41-39-35-33-31-29-27-25-23-21-19-17-15-13-11-9-7-2/h62,64,69-70,74H,6-61,63,65-68H2,1-5H3,(H-,72,75,76,77)/b64-62+. The molecule has 1 amide bonds. The van der Waals surface area contributed by atoms with E-state index in [1.165, 1.54) is 327 Å². The third kappa shape index (κ3) is 64.8. The number of quaternary nitrogens is 1. The molecule has 9 heteroatoms. The van der Waals surface area contributed by atoms with Crippen molar-refractivity contribution in [3.8, 4) is 0 Å². The Bertz CT molecular complexity index is 1310. The van der Waals surface area contributed by atoms with Crippen molar-refractivity contribution in [3.05, 3.63) is 12.2 Å². The van der Waals surface area contributed by atoms with E-state index in [1.54, 1.807) is 6.08 Å². The summed E-state index contributed by atoms with van der Waals surface area (Å²) in [5, 5.41) is 14.0. The fraction of sp³-hybridized carbons (Fsp3) is 0.958. The first-order chi connectivity index (χ1) is 39.0. The number of nitrogens with zero attached hydrogens (tertiary/aromatic N) is 1. The van der Waals surface area contributed by atoms with Crippen LogP contribution in [-0.4, -0.2) is 68.5 Å². The number of unbranched alkanes of at least 4 members (excludes halogenated alkanes) is 55. The minimum atomic E-state index is -4.60. The number of phosphoric ester groups is 1. The lowest BCUT2D eigenvalue weighted by Crippen LogP contribution is -2.45. The van der Waals surface area contributed by atoms with E-state index in [2.05, 4.69) is 19.2 Å². The zero-order valence-electron chi connectivity index (χ0n) is 54.8. The first-order valence-electron chi connectivity index (χ1n) is 36.1. The van der Waals surface area contributed by atoms with Gasteiger partial charge in [0.05, 0.1) is 39.9 Å². The number of hydrogen-bond acceptors (Lipinski definition) is 6. The lowest BCUT2D eigenvalue weighted by atomic mass is 10.0. The van der Waals surface area contributed by atoms with Crippen LogP contribution in [0.3, 0.4) is 0 Å². The molecule has 0 aliphatic carbocycles. The second-order valence-electron chi connectivity index (χ2n) is 26.3. The fourth-order valence-electron chi connectivity index (χ4n) is 11.4. The van der Waals surface area contributed by atoms with E-state index in [0.29, 0.717) is 17.4 Å². The Labute approximate surface area is 501 Å². The van der Waals surface area contributed by atoms with Crippen LogP contribution >= 0.6 is 7.82 Å². The number of aliphatic hydroxyl groups excluding tert-OH is 1. The van der Waals surface area contributed by atoms with Gasteiger partial charge in [0.1, 0.15) is 13.2 Å². The molecule has 0 saturated heterocycles. The number of phosphoric acid groups is 1. The number of carbonyl (C=O) groups is 1. The highest BCUT2D eigenvalue weighted by atomic mass is 31.2. The average molecular weight is 1150 g/mol. The van der Waals surface area contributed by atoms with Crippen molar-refractivity contribution in [3.63, 3.8) is 0 Å². The molecule has 0 rings (SSSR count). The van der Waals surface area contributed by atoms with Crippen LogP contribution in [-0.2, 0) is 18.4 Å². The van der Waals surface area contributed by atoms with Crippen LogP contribution in [0.25, 0.3) is 0 Å². The Kier molecular flexibility index (Phi) is 62.2. The lowest BCUT2D eigenvalue weighted by Gasteiger charge is -2.29. The summed E-state index contributed by atoms with van der Waals surface area (Å²) in [6.07, 6.45) is 80.6. The third-order valence-corrected chi connectivity index (χ3v) is 18.0. The van der Waals surface area contributed by atoms with Crippen molar-refractivity contribution < 1.29 is 32.9 Å². The third-order valence-electron chi connectivity index (χ3n) is 17.0. The number of nitrogens with one attached hydrogen (secondary N) is 1. The number of carbonyl (C=O) groups excluding carboxylic acids is 1. The van der Waals surface area contributed by atoms with Gasteiger partial charge in [-0.1, -0.05) is 373 Å². The summed E-state index contributed by atoms with van der Waals surface area (Å²) in [7, 11) is 1.29. The molecule has 80 heavy (non-hydrogen) atoms. The highest BCUT2D eigenvalue weighted by molar-refractivity contribution is 7.45. The number of hydrogen-bond donors (Lipinski definition) is 2. The van der Waals surface area contributed by atoms with Crippen molar-refractivity contribution >= 4 is 13.7 Å². The quantitative estimate of drug-likeness (QED) is 0.0272. The molecule has 0 radical (unpaired) electrons. The summed E-state index contributed by atoms with van der Waals surface area (Å²) in [5.41, 5.74) is 0. The van der Waals surface area contributed by atoms with Crippen LogP contribution < -0.4 is 10.2 Å². The van der Waals surface area contributed by atoms with E-state index in [1.807, 2.05) is 27.2 Å². The Morgan fingerprint density at radius 1 is 0.425 bits per heavy atom. The molecule has 0 saturated carbocycles. The van der Waals surface area contributed by atoms with E-state index >= 15 is 0 Å². The maximum atomic E-state index is 13.0. The van der Waals surface area contributed by atoms with Gasteiger partial charge < -0.3 is 28.8 Å². The van der Waals surface area contributed by atoms with Crippen LogP contribution in [0.5, 0.6) is 0 Å². The highest BCUT2D eigenvalue weighted by Crippen LogP contribution is 2.38. The molecular formula is C71H143N2O6P. The molecule has 0 aromatic heterocycles. The number of amides is 1. The Morgan fingerprint density at radius 3 is 0.938 bits per heavy atom. The molecular weight excluding hydrogens is 1010 g/mol. The molecule has 0 bridgehead atoms. The molecule has 0 aromatic rings. The van der Waals surface area contributed by atoms with E-state index in [9.17, 15) is 19.4 Å². The van der Waals surface area contributed by atoms with Crippen molar-refractivity contribution in [2.45, 2.75) is 398 Å². The summed E-state index contributed by atoms with van der Waals surface area (Å²) in [6.45, 7) is 4.73. The molecule has 0 aliphatic rings. The molecule has 2 N–H and O–H groups in total. The minimum absolute atomic E-state index is 0.00306. The number of rotatable bonds is 68. The predicted molar refractivity (Wildman–Crippen MR) is 349 cm³/mol. The second kappa shape index (κ2) is 62.8. The molecule has 478 valence electrons. The molecule has 3 unspecified atom stereocenters. The van der Waals surface area contributed by atoms with Gasteiger partial charge in [0.2, 0.25) is 5.91 Å². The van der Waals surface area contributed by atoms with E-state index in [-0.39, 0.29) is 19.1 Å². The second-order valence-corrected chi connectivity index (χ2v) is 27.7. The van der Waals surface area contributed by atoms with Gasteiger partial charge >= 0.3 is 0 Å². The van der Waals surface area contributed by atoms with Gasteiger partial charge in [-0.25, -0.2) is 0 Å². The first kappa shape index (κ1) is 79.2. The van der Waals surface area contributed by atoms with Gasteiger partial charge in [-0.15, -0.1) is 0 Å². The van der Waals surface area contributed by atoms with Crippen LogP contribution in [0.1, 0.15) is 386 Å². The maximum absolute atomic E-state index is 13.0. The van der Waals surface area contributed by atoms with E-state index in [0.717, 1.165) is 38.5 Å². The molecule has 0 heterocycles. The lowest BCUT2D eigenvalue weighted by molar-refractivity contribution is -0.870. The fourth-order valence-corrected chi connectivity index (χ4v) is 12.1. The maximum Gasteiger partial charge on any atom is 0.268 e. The molecule has 0 aliphatic heterocycles. The average Bonchev–Trinajstić information content (AvgIpc) is 3.42. The van der Waals surface area contributed by atoms with E-state index in [4.69, 9.17) is 9.05 Å². The van der Waals surface area contributed by atoms with Gasteiger partial charge in [0.25, 0.3) is 7.82 Å². The first-order valence-corrected chi connectivity index (χ1v) is 37.5. The van der Waals surface area contributed by atoms with Crippen molar-refractivity contribution in [1.82, 2.24) is 5.32 Å². The zero-order chi connectivity index (χ0) is 58.4. The Morgan fingerprint density at radius 2 is 0.675 bits per heavy atom. The monoisotopic (exact) mass is 1150 g/mol. The smallest absolute Gasteiger partial charge is 0.268 e. The largest absolute Gasteiger partial charge is 0.756 e. The van der Waals surface area contributed by atoms with Gasteiger partial charge in [0, 0.05) is 6.42 Å². The minimum Gasteiger partial charge on any atom is -0.756 e. The normalized spacial score (nSPS) is 13.6. The molecule has 0 spiro atoms. The van der Waals surface area contributed by atoms with E-state index < -0.39 is 20.0 Å². The summed E-state index contributed by atoms with van der Waals surface area (Å²) >= 11 is 0. The number of allylic oxidation sites excluding steroid dienone is 1. The Balaban J connectivity index is 4.01. The number of likely N-dealkylation sites (N-methyl/N-ethyl adjacent to an activating group) is 1. The Hall–Kier alpha value is -0.760. The SMILES string of the molecule is CCCCCCCCCCCCCCCCCCCCCCCCCCCCCC/C=C/C(O)C(COP(=O)([O-])OCC[N+](C)(C)C)NC(=O)CCCCCCCCCCCCCCCCCCCCCCCCCCCCCC.